The van der Waals surface area contributed by atoms with Gasteiger partial charge in [-0.2, -0.15) is 26.3 Å². The summed E-state index contributed by atoms with van der Waals surface area (Å²) in [6, 6.07) is 1.03. The molecule has 1 aromatic carbocycles. The third-order valence-corrected chi connectivity index (χ3v) is 2.92. The summed E-state index contributed by atoms with van der Waals surface area (Å²) in [5, 5.41) is 13.5. The Labute approximate surface area is 127 Å². The number of hydrogen-bond acceptors (Lipinski definition) is 4. The molecule has 0 spiro atoms. The van der Waals surface area contributed by atoms with Crippen LogP contribution in [0.3, 0.4) is 0 Å². The Kier molecular flexibility index (Phi) is 3.90. The molecule has 0 radical (unpaired) electrons. The number of aromatic nitrogens is 3. The Balaban J connectivity index is 2.88. The lowest BCUT2D eigenvalue weighted by molar-refractivity contribution is -0.385. The third kappa shape index (κ3) is 2.96. The molecule has 7 nitrogen and oxygen atoms in total. The summed E-state index contributed by atoms with van der Waals surface area (Å²) >= 11 is 0. The Bertz CT molecular complexity index is 864. The van der Waals surface area contributed by atoms with Gasteiger partial charge in [-0.25, -0.2) is 14.0 Å². The van der Waals surface area contributed by atoms with E-state index in [1.165, 1.54) is 0 Å². The van der Waals surface area contributed by atoms with Crippen LogP contribution in [-0.2, 0) is 19.4 Å². The van der Waals surface area contributed by atoms with E-state index in [1.54, 1.807) is 0 Å². The molecule has 0 amide bonds. The van der Waals surface area contributed by atoms with Crippen molar-refractivity contribution in [1.29, 1.82) is 0 Å². The van der Waals surface area contributed by atoms with Crippen molar-refractivity contribution < 1.29 is 31.3 Å². The lowest BCUT2D eigenvalue weighted by atomic mass is 10.1. The van der Waals surface area contributed by atoms with Crippen LogP contribution >= 0.6 is 0 Å². The number of hydrogen-bond donors (Lipinski definition) is 0. The van der Waals surface area contributed by atoms with E-state index in [0.29, 0.717) is 12.1 Å². The van der Waals surface area contributed by atoms with Gasteiger partial charge >= 0.3 is 18.0 Å². The lowest BCUT2D eigenvalue weighted by Gasteiger charge is -2.14. The highest BCUT2D eigenvalue weighted by Crippen LogP contribution is 2.37. The summed E-state index contributed by atoms with van der Waals surface area (Å²) < 4.78 is 78.0. The van der Waals surface area contributed by atoms with Crippen molar-refractivity contribution in [2.45, 2.75) is 12.4 Å². The number of benzene rings is 1. The molecule has 1 heterocycles. The highest BCUT2D eigenvalue weighted by molar-refractivity contribution is 5.50. The molecule has 0 N–H and O–H groups in total. The molecule has 2 rings (SSSR count). The number of nitro groups is 1. The Hall–Kier alpha value is -2.86. The second-order valence-electron chi connectivity index (χ2n) is 4.52. The minimum Gasteiger partial charge on any atom is -0.258 e. The molecule has 0 aliphatic carbocycles. The van der Waals surface area contributed by atoms with Crippen molar-refractivity contribution in [3.05, 3.63) is 50.2 Å². The molecular weight excluding hydrogens is 350 g/mol. The van der Waals surface area contributed by atoms with Crippen molar-refractivity contribution in [2.24, 2.45) is 7.05 Å². The van der Waals surface area contributed by atoms with Crippen LogP contribution in [-0.4, -0.2) is 19.3 Å². The minimum absolute atomic E-state index is 0.0505. The van der Waals surface area contributed by atoms with Crippen LogP contribution in [0.5, 0.6) is 0 Å². The van der Waals surface area contributed by atoms with Gasteiger partial charge in [-0.1, -0.05) is 0 Å². The average Bonchev–Trinajstić information content (AvgIpc) is 2.73. The van der Waals surface area contributed by atoms with Crippen LogP contribution in [0, 0.1) is 10.1 Å². The molecule has 0 unspecified atom stereocenters. The van der Waals surface area contributed by atoms with E-state index in [2.05, 4.69) is 5.10 Å². The molecule has 0 bridgehead atoms. The molecule has 0 aliphatic rings. The summed E-state index contributed by atoms with van der Waals surface area (Å²) in [6.45, 7) is 0. The van der Waals surface area contributed by atoms with Gasteiger partial charge < -0.3 is 0 Å². The first-order chi connectivity index (χ1) is 10.8. The highest BCUT2D eigenvalue weighted by atomic mass is 19.4. The Morgan fingerprint density at radius 2 is 1.71 bits per heavy atom. The normalized spacial score (nSPS) is 12.5. The van der Waals surface area contributed by atoms with Crippen molar-refractivity contribution >= 4 is 5.69 Å². The van der Waals surface area contributed by atoms with E-state index in [0.717, 1.165) is 7.05 Å². The van der Waals surface area contributed by atoms with Gasteiger partial charge in [0.05, 0.1) is 16.2 Å². The monoisotopic (exact) mass is 356 g/mol. The smallest absolute Gasteiger partial charge is 0.258 e. The summed E-state index contributed by atoms with van der Waals surface area (Å²) in [5.41, 5.74) is -5.45. The molecule has 2 aromatic rings. The number of alkyl halides is 6. The fraction of sp³-hybridized carbons (Fsp3) is 0.273. The van der Waals surface area contributed by atoms with E-state index in [1.807, 2.05) is 0 Å². The average molecular weight is 356 g/mol. The van der Waals surface area contributed by atoms with Crippen LogP contribution in [0.4, 0.5) is 32.0 Å². The SMILES string of the molecule is Cn1nc(C(F)(F)F)n(-c2ccc([N+](=O)[O-])cc2C(F)(F)F)c1=O. The molecule has 24 heavy (non-hydrogen) atoms. The van der Waals surface area contributed by atoms with Crippen LogP contribution in [0.25, 0.3) is 5.69 Å². The van der Waals surface area contributed by atoms with E-state index in [4.69, 9.17) is 0 Å². The molecule has 1 aromatic heterocycles. The van der Waals surface area contributed by atoms with Crippen molar-refractivity contribution in [3.8, 4) is 5.69 Å². The van der Waals surface area contributed by atoms with Crippen molar-refractivity contribution in [2.75, 3.05) is 0 Å². The van der Waals surface area contributed by atoms with E-state index >= 15 is 0 Å². The lowest BCUT2D eigenvalue weighted by Crippen LogP contribution is -2.26. The van der Waals surface area contributed by atoms with Crippen molar-refractivity contribution in [3.63, 3.8) is 0 Å². The van der Waals surface area contributed by atoms with E-state index in [-0.39, 0.29) is 15.3 Å². The Morgan fingerprint density at radius 3 is 2.17 bits per heavy atom. The van der Waals surface area contributed by atoms with E-state index in [9.17, 15) is 41.3 Å². The van der Waals surface area contributed by atoms with Crippen LogP contribution in [0.15, 0.2) is 23.0 Å². The first-order valence-electron chi connectivity index (χ1n) is 5.93. The molecule has 130 valence electrons. The van der Waals surface area contributed by atoms with Crippen LogP contribution < -0.4 is 5.69 Å². The van der Waals surface area contributed by atoms with Gasteiger partial charge in [-0.3, -0.25) is 10.1 Å². The molecular formula is C11H6F6N4O3. The van der Waals surface area contributed by atoms with Gasteiger partial charge in [0.1, 0.15) is 0 Å². The number of aryl methyl sites for hydroxylation is 1. The van der Waals surface area contributed by atoms with Crippen LogP contribution in [0.1, 0.15) is 11.4 Å². The number of halogens is 6. The first-order valence-corrected chi connectivity index (χ1v) is 5.93. The zero-order chi connectivity index (χ0) is 18.4. The largest absolute Gasteiger partial charge is 0.452 e. The van der Waals surface area contributed by atoms with Gasteiger partial charge in [0, 0.05) is 19.2 Å². The fourth-order valence-corrected chi connectivity index (χ4v) is 1.93. The number of nitrogens with zero attached hydrogens (tertiary/aromatic N) is 4. The maximum atomic E-state index is 13.1. The molecule has 0 saturated heterocycles. The van der Waals surface area contributed by atoms with Crippen molar-refractivity contribution in [1.82, 2.24) is 14.3 Å². The maximum absolute atomic E-state index is 13.1. The molecule has 0 aliphatic heterocycles. The zero-order valence-electron chi connectivity index (χ0n) is 11.5. The molecule has 13 heteroatoms. The number of nitro benzene ring substituents is 1. The quantitative estimate of drug-likeness (QED) is 0.470. The third-order valence-electron chi connectivity index (χ3n) is 2.92. The van der Waals surface area contributed by atoms with Gasteiger partial charge in [-0.05, 0) is 6.07 Å². The maximum Gasteiger partial charge on any atom is 0.452 e. The zero-order valence-corrected chi connectivity index (χ0v) is 11.5. The van der Waals surface area contributed by atoms with E-state index < -0.39 is 45.7 Å². The van der Waals surface area contributed by atoms with Crippen LogP contribution in [0.2, 0.25) is 0 Å². The number of rotatable bonds is 2. The van der Waals surface area contributed by atoms with Gasteiger partial charge in [0.15, 0.2) is 0 Å². The predicted molar refractivity (Wildman–Crippen MR) is 65.5 cm³/mol. The first kappa shape index (κ1) is 17.5. The molecule has 0 atom stereocenters. The molecule has 0 saturated carbocycles. The van der Waals surface area contributed by atoms with Gasteiger partial charge in [0.25, 0.3) is 5.69 Å². The predicted octanol–water partition coefficient (Wildman–Crippen LogP) is 2.52. The summed E-state index contributed by atoms with van der Waals surface area (Å²) in [7, 11) is 0.826. The van der Waals surface area contributed by atoms with Gasteiger partial charge in [-0.15, -0.1) is 5.10 Å². The standard InChI is InChI=1S/C11H6F6N4O3/c1-19-9(22)20(8(18-19)11(15,16)17)7-3-2-5(21(23)24)4-6(7)10(12,13)14/h2-4H,1H3. The highest BCUT2D eigenvalue weighted by Gasteiger charge is 2.42. The molecule has 0 fully saturated rings. The number of non-ortho nitro benzene ring substituents is 1. The topological polar surface area (TPSA) is 83.0 Å². The van der Waals surface area contributed by atoms with Gasteiger partial charge in [0.2, 0.25) is 5.82 Å². The minimum atomic E-state index is -5.24. The summed E-state index contributed by atoms with van der Waals surface area (Å²) in [5.74, 6) is -1.88. The second-order valence-corrected chi connectivity index (χ2v) is 4.52. The fourth-order valence-electron chi connectivity index (χ4n) is 1.93. The second kappa shape index (κ2) is 5.35. The summed E-state index contributed by atoms with van der Waals surface area (Å²) in [6.07, 6.45) is -10.5. The Morgan fingerprint density at radius 1 is 1.12 bits per heavy atom. The summed E-state index contributed by atoms with van der Waals surface area (Å²) in [4.78, 5) is 21.3.